The summed E-state index contributed by atoms with van der Waals surface area (Å²) < 4.78 is 15.8. The molecule has 0 aliphatic heterocycles. The van der Waals surface area contributed by atoms with Gasteiger partial charge in [-0.3, -0.25) is 4.79 Å². The van der Waals surface area contributed by atoms with Crippen LogP contribution in [0.15, 0.2) is 28.7 Å². The van der Waals surface area contributed by atoms with Crippen molar-refractivity contribution in [2.75, 3.05) is 20.3 Å². The molecule has 150 valence electrons. The summed E-state index contributed by atoms with van der Waals surface area (Å²) in [5.41, 5.74) is 1.79. The highest BCUT2D eigenvalue weighted by Crippen LogP contribution is 2.45. The lowest BCUT2D eigenvalue weighted by molar-refractivity contribution is -0.145. The lowest BCUT2D eigenvalue weighted by Crippen LogP contribution is -2.18. The number of carbonyl (C=O) groups excluding carboxylic acids is 3. The number of amides is 1. The van der Waals surface area contributed by atoms with Crippen molar-refractivity contribution in [3.8, 4) is 16.2 Å². The first-order valence-electron chi connectivity index (χ1n) is 8.40. The standard InChI is InChI=1S/C19H20BrNO6S/c1-4-26-14(23)10-27-16-15(20)17(28-18(16)19(24)25-3)13-7-5-12(6-8-13)9-21-11(2)22/h5-8H,4,9-10H2,1-3H3,(H,21,22). The Labute approximate surface area is 175 Å². The maximum atomic E-state index is 12.1. The van der Waals surface area contributed by atoms with Gasteiger partial charge in [-0.1, -0.05) is 24.3 Å². The maximum absolute atomic E-state index is 12.1. The van der Waals surface area contributed by atoms with E-state index in [0.717, 1.165) is 16.0 Å². The van der Waals surface area contributed by atoms with E-state index in [-0.39, 0.29) is 29.7 Å². The first-order valence-corrected chi connectivity index (χ1v) is 10.0. The molecule has 2 rings (SSSR count). The van der Waals surface area contributed by atoms with Crippen molar-refractivity contribution >= 4 is 45.1 Å². The van der Waals surface area contributed by atoms with E-state index in [1.165, 1.54) is 25.4 Å². The third kappa shape index (κ3) is 5.56. The summed E-state index contributed by atoms with van der Waals surface area (Å²) in [6.07, 6.45) is 0. The highest BCUT2D eigenvalue weighted by molar-refractivity contribution is 9.10. The van der Waals surface area contributed by atoms with E-state index in [9.17, 15) is 14.4 Å². The number of rotatable bonds is 8. The molecule has 1 aromatic heterocycles. The predicted molar refractivity (Wildman–Crippen MR) is 108 cm³/mol. The minimum absolute atomic E-state index is 0.101. The largest absolute Gasteiger partial charge is 0.479 e. The molecule has 1 aromatic carbocycles. The second-order valence-corrected chi connectivity index (χ2v) is 7.41. The van der Waals surface area contributed by atoms with Crippen molar-refractivity contribution in [1.29, 1.82) is 0 Å². The van der Waals surface area contributed by atoms with Crippen molar-refractivity contribution in [3.63, 3.8) is 0 Å². The van der Waals surface area contributed by atoms with E-state index in [1.54, 1.807) is 6.92 Å². The van der Waals surface area contributed by atoms with Crippen LogP contribution in [0, 0.1) is 0 Å². The molecule has 0 aliphatic rings. The Morgan fingerprint density at radius 3 is 2.43 bits per heavy atom. The van der Waals surface area contributed by atoms with Crippen LogP contribution in [-0.4, -0.2) is 38.2 Å². The van der Waals surface area contributed by atoms with Crippen LogP contribution >= 0.6 is 27.3 Å². The monoisotopic (exact) mass is 469 g/mol. The third-order valence-corrected chi connectivity index (χ3v) is 5.80. The fraction of sp³-hybridized carbons (Fsp3) is 0.316. The van der Waals surface area contributed by atoms with Gasteiger partial charge in [0.1, 0.15) is 0 Å². The summed E-state index contributed by atoms with van der Waals surface area (Å²) in [4.78, 5) is 35.8. The normalized spacial score (nSPS) is 10.3. The molecule has 0 saturated heterocycles. The van der Waals surface area contributed by atoms with Crippen molar-refractivity contribution in [1.82, 2.24) is 5.32 Å². The van der Waals surface area contributed by atoms with Gasteiger partial charge in [0.25, 0.3) is 0 Å². The Kier molecular flexibility index (Phi) is 8.01. The molecular formula is C19H20BrNO6S. The molecule has 0 radical (unpaired) electrons. The van der Waals surface area contributed by atoms with Crippen molar-refractivity contribution < 1.29 is 28.6 Å². The van der Waals surface area contributed by atoms with Crippen molar-refractivity contribution in [2.24, 2.45) is 0 Å². The Morgan fingerprint density at radius 1 is 1.18 bits per heavy atom. The van der Waals surface area contributed by atoms with Crippen molar-refractivity contribution in [3.05, 3.63) is 39.2 Å². The summed E-state index contributed by atoms with van der Waals surface area (Å²) in [5.74, 6) is -0.947. The van der Waals surface area contributed by atoms with Gasteiger partial charge in [0.05, 0.1) is 23.1 Å². The van der Waals surface area contributed by atoms with Gasteiger partial charge in [-0.05, 0) is 34.0 Å². The Bertz CT molecular complexity index is 862. The first kappa shape index (κ1) is 21.9. The molecule has 7 nitrogen and oxygen atoms in total. The summed E-state index contributed by atoms with van der Waals surface area (Å²) in [5, 5.41) is 2.74. The van der Waals surface area contributed by atoms with Gasteiger partial charge in [0.15, 0.2) is 17.2 Å². The van der Waals surface area contributed by atoms with Crippen LogP contribution in [0.25, 0.3) is 10.4 Å². The zero-order valence-corrected chi connectivity index (χ0v) is 18.1. The molecule has 1 heterocycles. The van der Waals surface area contributed by atoms with Gasteiger partial charge in [-0.25, -0.2) is 9.59 Å². The quantitative estimate of drug-likeness (QED) is 0.594. The minimum Gasteiger partial charge on any atom is -0.479 e. The topological polar surface area (TPSA) is 90.9 Å². The number of carbonyl (C=O) groups is 3. The smallest absolute Gasteiger partial charge is 0.351 e. The summed E-state index contributed by atoms with van der Waals surface area (Å²) in [7, 11) is 1.28. The molecule has 0 aliphatic carbocycles. The van der Waals surface area contributed by atoms with Gasteiger partial charge >= 0.3 is 11.9 Å². The van der Waals surface area contributed by atoms with Crippen LogP contribution in [0.2, 0.25) is 0 Å². The molecule has 2 aromatic rings. The molecule has 0 atom stereocenters. The molecule has 1 amide bonds. The van der Waals surface area contributed by atoms with E-state index >= 15 is 0 Å². The van der Waals surface area contributed by atoms with Crippen LogP contribution in [0.1, 0.15) is 29.1 Å². The lowest BCUT2D eigenvalue weighted by Gasteiger charge is -2.07. The Balaban J connectivity index is 2.30. The number of halogens is 1. The minimum atomic E-state index is -0.557. The van der Waals surface area contributed by atoms with E-state index in [0.29, 0.717) is 11.0 Å². The number of esters is 2. The predicted octanol–water partition coefficient (Wildman–Crippen LogP) is 3.54. The van der Waals surface area contributed by atoms with E-state index < -0.39 is 11.9 Å². The molecule has 1 N–H and O–H groups in total. The van der Waals surface area contributed by atoms with E-state index in [4.69, 9.17) is 14.2 Å². The average molecular weight is 470 g/mol. The molecule has 0 unspecified atom stereocenters. The molecule has 0 bridgehead atoms. The summed E-state index contributed by atoms with van der Waals surface area (Å²) in [6.45, 7) is 3.52. The number of benzene rings is 1. The number of methoxy groups -OCH3 is 1. The van der Waals surface area contributed by atoms with Crippen LogP contribution in [-0.2, 0) is 25.6 Å². The molecule has 0 saturated carbocycles. The van der Waals surface area contributed by atoms with Gasteiger partial charge in [0, 0.05) is 13.5 Å². The highest BCUT2D eigenvalue weighted by Gasteiger charge is 2.25. The third-order valence-electron chi connectivity index (χ3n) is 3.58. The van der Waals surface area contributed by atoms with Gasteiger partial charge in [-0.2, -0.15) is 0 Å². The molecule has 0 fully saturated rings. The second kappa shape index (κ2) is 10.2. The second-order valence-electron chi connectivity index (χ2n) is 5.60. The zero-order chi connectivity index (χ0) is 20.7. The molecule has 28 heavy (non-hydrogen) atoms. The Hall–Kier alpha value is -2.39. The number of hydrogen-bond acceptors (Lipinski definition) is 7. The van der Waals surface area contributed by atoms with Gasteiger partial charge in [0.2, 0.25) is 5.91 Å². The van der Waals surface area contributed by atoms with E-state index in [1.807, 2.05) is 24.3 Å². The van der Waals surface area contributed by atoms with Crippen LogP contribution in [0.3, 0.4) is 0 Å². The first-order chi connectivity index (χ1) is 13.4. The van der Waals surface area contributed by atoms with Crippen molar-refractivity contribution in [2.45, 2.75) is 20.4 Å². The van der Waals surface area contributed by atoms with E-state index in [2.05, 4.69) is 21.2 Å². The zero-order valence-electron chi connectivity index (χ0n) is 15.7. The van der Waals surface area contributed by atoms with Gasteiger partial charge in [-0.15, -0.1) is 11.3 Å². The summed E-state index contributed by atoms with van der Waals surface area (Å²) in [6, 6.07) is 7.52. The number of ether oxygens (including phenoxy) is 3. The SMILES string of the molecule is CCOC(=O)COc1c(C(=O)OC)sc(-c2ccc(CNC(C)=O)cc2)c1Br. The van der Waals surface area contributed by atoms with Crippen LogP contribution in [0.4, 0.5) is 0 Å². The molecule has 9 heteroatoms. The van der Waals surface area contributed by atoms with Gasteiger partial charge < -0.3 is 19.5 Å². The highest BCUT2D eigenvalue weighted by atomic mass is 79.9. The number of thiophene rings is 1. The fourth-order valence-corrected chi connectivity index (χ4v) is 4.25. The number of nitrogens with one attached hydrogen (secondary N) is 1. The fourth-order valence-electron chi connectivity index (χ4n) is 2.27. The van der Waals surface area contributed by atoms with Crippen LogP contribution in [0.5, 0.6) is 5.75 Å². The lowest BCUT2D eigenvalue weighted by atomic mass is 10.1. The molecule has 0 spiro atoms. The number of hydrogen-bond donors (Lipinski definition) is 1. The maximum Gasteiger partial charge on any atom is 0.351 e. The molecular weight excluding hydrogens is 450 g/mol. The average Bonchev–Trinajstić information content (AvgIpc) is 3.01. The van der Waals surface area contributed by atoms with Crippen LogP contribution < -0.4 is 10.1 Å². The summed E-state index contributed by atoms with van der Waals surface area (Å²) >= 11 is 4.66. The Morgan fingerprint density at radius 2 is 1.86 bits per heavy atom.